The van der Waals surface area contributed by atoms with Gasteiger partial charge in [0.1, 0.15) is 5.56 Å². The molecule has 0 unspecified atom stereocenters. The van der Waals surface area contributed by atoms with E-state index in [-0.39, 0.29) is 15.6 Å². The first-order chi connectivity index (χ1) is 11.3. The monoisotopic (exact) mass is 392 g/mol. The molecule has 0 aliphatic heterocycles. The fourth-order valence-corrected chi connectivity index (χ4v) is 2.54. The lowest BCUT2D eigenvalue weighted by molar-refractivity contribution is -0.393. The highest BCUT2D eigenvalue weighted by Gasteiger charge is 2.32. The van der Waals surface area contributed by atoms with E-state index < -0.39 is 37.4 Å². The maximum atomic E-state index is 11.3. The van der Waals surface area contributed by atoms with Gasteiger partial charge in [-0.3, -0.25) is 30.3 Å². The molecule has 24 heavy (non-hydrogen) atoms. The molecular formula is C13H5BrN4O6. The molecule has 0 fully saturated rings. The van der Waals surface area contributed by atoms with E-state index in [4.69, 9.17) is 5.26 Å². The second-order valence-corrected chi connectivity index (χ2v) is 5.35. The molecule has 0 saturated heterocycles. The molecule has 0 atom stereocenters. The van der Waals surface area contributed by atoms with Gasteiger partial charge in [-0.25, -0.2) is 0 Å². The highest BCUT2D eigenvalue weighted by atomic mass is 79.9. The summed E-state index contributed by atoms with van der Waals surface area (Å²) in [5.74, 6) is 0. The van der Waals surface area contributed by atoms with Gasteiger partial charge in [-0.15, -0.1) is 0 Å². The maximum Gasteiger partial charge on any atom is 0.285 e. The van der Waals surface area contributed by atoms with E-state index >= 15 is 0 Å². The highest BCUT2D eigenvalue weighted by molar-refractivity contribution is 9.10. The molecule has 0 radical (unpaired) electrons. The van der Waals surface area contributed by atoms with Crippen LogP contribution in [0.1, 0.15) is 5.56 Å². The van der Waals surface area contributed by atoms with E-state index in [0.717, 1.165) is 24.3 Å². The Morgan fingerprint density at radius 1 is 0.875 bits per heavy atom. The van der Waals surface area contributed by atoms with Gasteiger partial charge in [-0.1, -0.05) is 15.9 Å². The number of nitrogens with zero attached hydrogens (tertiary/aromatic N) is 4. The van der Waals surface area contributed by atoms with Crippen molar-refractivity contribution in [2.45, 2.75) is 0 Å². The van der Waals surface area contributed by atoms with Crippen LogP contribution in [0.2, 0.25) is 0 Å². The normalized spacial score (nSPS) is 10.0. The van der Waals surface area contributed by atoms with Crippen LogP contribution in [0.4, 0.5) is 17.1 Å². The van der Waals surface area contributed by atoms with E-state index in [9.17, 15) is 30.3 Å². The molecule has 11 heteroatoms. The van der Waals surface area contributed by atoms with Gasteiger partial charge < -0.3 is 0 Å². The second-order valence-electron chi connectivity index (χ2n) is 4.43. The zero-order chi connectivity index (χ0) is 18.0. The molecule has 0 N–H and O–H groups in total. The number of halogens is 1. The average molecular weight is 393 g/mol. The van der Waals surface area contributed by atoms with Gasteiger partial charge in [0.25, 0.3) is 17.1 Å². The van der Waals surface area contributed by atoms with Gasteiger partial charge in [0, 0.05) is 22.7 Å². The molecule has 10 nitrogen and oxygen atoms in total. The Hall–Kier alpha value is -3.39. The topological polar surface area (TPSA) is 153 Å². The van der Waals surface area contributed by atoms with Crippen LogP contribution in [0.5, 0.6) is 0 Å². The lowest BCUT2D eigenvalue weighted by Gasteiger charge is -2.07. The van der Waals surface area contributed by atoms with Gasteiger partial charge >= 0.3 is 0 Å². The number of hydrogen-bond acceptors (Lipinski definition) is 7. The van der Waals surface area contributed by atoms with Crippen molar-refractivity contribution in [3.8, 4) is 17.2 Å². The third-order valence-corrected chi connectivity index (χ3v) is 3.51. The van der Waals surface area contributed by atoms with Crippen molar-refractivity contribution in [2.24, 2.45) is 0 Å². The quantitative estimate of drug-likeness (QED) is 0.567. The van der Waals surface area contributed by atoms with Crippen molar-refractivity contribution < 1.29 is 14.8 Å². The van der Waals surface area contributed by atoms with Crippen LogP contribution in [-0.2, 0) is 0 Å². The Balaban J connectivity index is 2.96. The lowest BCUT2D eigenvalue weighted by Crippen LogP contribution is -2.01. The fourth-order valence-electron chi connectivity index (χ4n) is 2.11. The van der Waals surface area contributed by atoms with Crippen LogP contribution in [0.25, 0.3) is 11.1 Å². The number of nitro benzene ring substituents is 3. The molecule has 0 heterocycles. The van der Waals surface area contributed by atoms with Gasteiger partial charge in [0.15, 0.2) is 0 Å². The summed E-state index contributed by atoms with van der Waals surface area (Å²) in [6.07, 6.45) is 0. The van der Waals surface area contributed by atoms with Crippen molar-refractivity contribution in [3.63, 3.8) is 0 Å². The lowest BCUT2D eigenvalue weighted by atomic mass is 9.98. The summed E-state index contributed by atoms with van der Waals surface area (Å²) >= 11 is 2.94. The van der Waals surface area contributed by atoms with E-state index in [1.807, 2.05) is 0 Å². The van der Waals surface area contributed by atoms with Crippen molar-refractivity contribution in [1.82, 2.24) is 0 Å². The first kappa shape index (κ1) is 17.0. The number of hydrogen-bond donors (Lipinski definition) is 0. The molecule has 0 aliphatic rings. The Morgan fingerprint density at radius 2 is 1.38 bits per heavy atom. The van der Waals surface area contributed by atoms with Gasteiger partial charge in [0.2, 0.25) is 0 Å². The summed E-state index contributed by atoms with van der Waals surface area (Å²) in [5.41, 5.74) is -2.82. The molecule has 0 spiro atoms. The van der Waals surface area contributed by atoms with Crippen molar-refractivity contribution in [1.29, 1.82) is 5.26 Å². The number of nitro groups is 3. The van der Waals surface area contributed by atoms with E-state index in [0.29, 0.717) is 0 Å². The zero-order valence-corrected chi connectivity index (χ0v) is 13.1. The van der Waals surface area contributed by atoms with Gasteiger partial charge in [-0.05, 0) is 12.1 Å². The Kier molecular flexibility index (Phi) is 4.52. The van der Waals surface area contributed by atoms with Crippen LogP contribution in [0, 0.1) is 41.7 Å². The molecule has 0 aliphatic carbocycles. The van der Waals surface area contributed by atoms with Crippen molar-refractivity contribution in [2.75, 3.05) is 0 Å². The Bertz CT molecular complexity index is 902. The summed E-state index contributed by atoms with van der Waals surface area (Å²) in [7, 11) is 0. The Morgan fingerprint density at radius 3 is 1.79 bits per heavy atom. The molecule has 120 valence electrons. The first-order valence-corrected chi connectivity index (χ1v) is 6.86. The minimum Gasteiger partial charge on any atom is -0.258 e. The highest BCUT2D eigenvalue weighted by Crippen LogP contribution is 2.44. The van der Waals surface area contributed by atoms with Crippen LogP contribution < -0.4 is 0 Å². The largest absolute Gasteiger partial charge is 0.285 e. The summed E-state index contributed by atoms with van der Waals surface area (Å²) < 4.78 is 0.0842. The minimum atomic E-state index is -0.866. The second kappa shape index (κ2) is 6.39. The molecule has 2 aromatic rings. The number of nitriles is 1. The van der Waals surface area contributed by atoms with E-state index in [1.165, 1.54) is 6.07 Å². The SMILES string of the molecule is N#Cc1ccc(-c2c([N+](=O)[O-])cc(Br)cc2[N+](=O)[O-])c([N+](=O)[O-])c1. The van der Waals surface area contributed by atoms with Gasteiger partial charge in [0.05, 0.1) is 32.0 Å². The first-order valence-electron chi connectivity index (χ1n) is 6.07. The summed E-state index contributed by atoms with van der Waals surface area (Å²) in [4.78, 5) is 31.2. The predicted octanol–water partition coefficient (Wildman–Crippen LogP) is 3.71. The molecule has 0 amide bonds. The van der Waals surface area contributed by atoms with Crippen molar-refractivity contribution in [3.05, 3.63) is 70.7 Å². The minimum absolute atomic E-state index is 0.0483. The average Bonchev–Trinajstić information content (AvgIpc) is 2.53. The summed E-state index contributed by atoms with van der Waals surface area (Å²) in [6, 6.07) is 6.92. The number of benzene rings is 2. The predicted molar refractivity (Wildman–Crippen MR) is 84.3 cm³/mol. The van der Waals surface area contributed by atoms with Crippen LogP contribution in [-0.4, -0.2) is 14.8 Å². The molecule has 2 rings (SSSR count). The van der Waals surface area contributed by atoms with Crippen LogP contribution in [0.15, 0.2) is 34.8 Å². The molecule has 0 saturated carbocycles. The standard InChI is InChI=1S/C13H5BrN4O6/c14-8-4-11(17(21)22)13(12(5-8)18(23)24)9-2-1-7(6-15)3-10(9)16(19)20/h1-5H. The molecule has 0 bridgehead atoms. The van der Waals surface area contributed by atoms with Crippen LogP contribution >= 0.6 is 15.9 Å². The third-order valence-electron chi connectivity index (χ3n) is 3.05. The fraction of sp³-hybridized carbons (Fsp3) is 0. The third kappa shape index (κ3) is 3.03. The van der Waals surface area contributed by atoms with E-state index in [2.05, 4.69) is 15.9 Å². The Labute approximate surface area is 141 Å². The molecule has 0 aromatic heterocycles. The maximum absolute atomic E-state index is 11.3. The van der Waals surface area contributed by atoms with E-state index in [1.54, 1.807) is 6.07 Å². The smallest absolute Gasteiger partial charge is 0.258 e. The number of rotatable bonds is 4. The van der Waals surface area contributed by atoms with Gasteiger partial charge in [-0.2, -0.15) is 5.26 Å². The van der Waals surface area contributed by atoms with Crippen LogP contribution in [0.3, 0.4) is 0 Å². The molecule has 2 aromatic carbocycles. The van der Waals surface area contributed by atoms with Crippen molar-refractivity contribution >= 4 is 33.0 Å². The summed E-state index contributed by atoms with van der Waals surface area (Å²) in [6.45, 7) is 0. The zero-order valence-electron chi connectivity index (χ0n) is 11.5. The molecular weight excluding hydrogens is 388 g/mol. The summed E-state index contributed by atoms with van der Waals surface area (Å²) in [5, 5.41) is 42.6.